The van der Waals surface area contributed by atoms with Gasteiger partial charge in [0.15, 0.2) is 0 Å². The van der Waals surface area contributed by atoms with E-state index in [1.807, 2.05) is 54.6 Å². The van der Waals surface area contributed by atoms with Crippen molar-refractivity contribution in [3.05, 3.63) is 125 Å². The van der Waals surface area contributed by atoms with Gasteiger partial charge in [0, 0.05) is 0 Å². The molecule has 2 N–H and O–H groups in total. The molecule has 0 saturated carbocycles. The number of benzene rings is 4. The van der Waals surface area contributed by atoms with Crippen LogP contribution in [0.1, 0.15) is 5.56 Å². The van der Waals surface area contributed by atoms with Gasteiger partial charge in [-0.15, -0.1) is 0 Å². The van der Waals surface area contributed by atoms with Gasteiger partial charge >= 0.3 is 192 Å². The first-order valence-corrected chi connectivity index (χ1v) is 12.9. The molecule has 4 aromatic carbocycles. The zero-order valence-corrected chi connectivity index (χ0v) is 18.8. The summed E-state index contributed by atoms with van der Waals surface area (Å²) < 4.78 is 5.36. The molecule has 5 rings (SSSR count). The maximum absolute atomic E-state index is 12.5. The average molecular weight is 454 g/mol. The van der Waals surface area contributed by atoms with E-state index in [0.29, 0.717) is 11.5 Å². The van der Waals surface area contributed by atoms with Crippen molar-refractivity contribution in [1.82, 2.24) is 0 Å². The molecule has 0 unspecified atom stereocenters. The van der Waals surface area contributed by atoms with Gasteiger partial charge in [-0.1, -0.05) is 0 Å². The molecule has 4 nitrogen and oxygen atoms in total. The molecule has 33 heavy (non-hydrogen) atoms. The summed E-state index contributed by atoms with van der Waals surface area (Å²) in [5, 5.41) is 24.4. The standard InChI is InChI=1S/C28H23O4P/c29-25-17-24-20(16-28(31)32-27(24)18-26(25)30)19-33(21-10-4-1-5-11-21,22-12-6-2-7-13-22)23-14-8-3-9-15-23/h1-18,29-30,33H,19H2. The molecule has 0 aliphatic carbocycles. The Balaban J connectivity index is 1.85. The number of hydrogen-bond donors (Lipinski definition) is 2. The third-order valence-electron chi connectivity index (χ3n) is 6.18. The van der Waals surface area contributed by atoms with Crippen LogP contribution < -0.4 is 21.5 Å². The van der Waals surface area contributed by atoms with Crippen molar-refractivity contribution in [1.29, 1.82) is 0 Å². The van der Waals surface area contributed by atoms with Gasteiger partial charge in [0.05, 0.1) is 0 Å². The first-order valence-electron chi connectivity index (χ1n) is 10.7. The second-order valence-corrected chi connectivity index (χ2v) is 12.0. The van der Waals surface area contributed by atoms with Gasteiger partial charge in [0.1, 0.15) is 0 Å². The van der Waals surface area contributed by atoms with Gasteiger partial charge in [0.25, 0.3) is 0 Å². The second kappa shape index (κ2) is 8.57. The van der Waals surface area contributed by atoms with Gasteiger partial charge in [-0.2, -0.15) is 0 Å². The van der Waals surface area contributed by atoms with E-state index in [2.05, 4.69) is 36.4 Å². The van der Waals surface area contributed by atoms with Crippen molar-refractivity contribution in [2.75, 3.05) is 0 Å². The Bertz CT molecular complexity index is 1370. The predicted molar refractivity (Wildman–Crippen MR) is 136 cm³/mol. The van der Waals surface area contributed by atoms with E-state index in [-0.39, 0.29) is 17.1 Å². The van der Waals surface area contributed by atoms with Gasteiger partial charge in [-0.05, 0) is 0 Å². The fourth-order valence-electron chi connectivity index (χ4n) is 4.66. The summed E-state index contributed by atoms with van der Waals surface area (Å²) in [4.78, 5) is 12.5. The van der Waals surface area contributed by atoms with Gasteiger partial charge in [0.2, 0.25) is 0 Å². The molecule has 1 aromatic heterocycles. The Labute approximate surface area is 191 Å². The summed E-state index contributed by atoms with van der Waals surface area (Å²) in [6.07, 6.45) is 0.581. The van der Waals surface area contributed by atoms with Crippen molar-refractivity contribution in [2.45, 2.75) is 6.16 Å². The van der Waals surface area contributed by atoms with E-state index in [4.69, 9.17) is 4.42 Å². The maximum atomic E-state index is 12.5. The molecule has 164 valence electrons. The van der Waals surface area contributed by atoms with Crippen molar-refractivity contribution >= 4 is 34.1 Å². The molecule has 0 radical (unpaired) electrons. The normalized spacial score (nSPS) is 12.0. The number of hydrogen-bond acceptors (Lipinski definition) is 4. The predicted octanol–water partition coefficient (Wildman–Crippen LogP) is 4.43. The summed E-state index contributed by atoms with van der Waals surface area (Å²) in [5.74, 6) is -0.565. The molecule has 5 heteroatoms. The van der Waals surface area contributed by atoms with Gasteiger partial charge in [-0.3, -0.25) is 0 Å². The van der Waals surface area contributed by atoms with E-state index in [9.17, 15) is 15.0 Å². The van der Waals surface area contributed by atoms with Gasteiger partial charge < -0.3 is 0 Å². The molecule has 0 amide bonds. The number of rotatable bonds is 5. The fourth-order valence-corrected chi connectivity index (χ4v) is 9.42. The van der Waals surface area contributed by atoms with Crippen LogP contribution in [0.2, 0.25) is 0 Å². The van der Waals surface area contributed by atoms with Crippen LogP contribution in [-0.4, -0.2) is 10.2 Å². The Morgan fingerprint density at radius 1 is 0.636 bits per heavy atom. The zero-order chi connectivity index (χ0) is 22.8. The molecule has 0 aliphatic heterocycles. The number of phenols is 2. The van der Waals surface area contributed by atoms with Crippen LogP contribution in [0, 0.1) is 0 Å². The van der Waals surface area contributed by atoms with Crippen LogP contribution in [-0.2, 0) is 6.16 Å². The SMILES string of the molecule is O=c1cc(C[PH](c2ccccc2)(c2ccccc2)c2ccccc2)c2cc(O)c(O)cc2o1. The van der Waals surface area contributed by atoms with E-state index in [0.717, 1.165) is 5.56 Å². The first kappa shape index (κ1) is 21.0. The van der Waals surface area contributed by atoms with Crippen LogP contribution in [0.25, 0.3) is 11.0 Å². The van der Waals surface area contributed by atoms with E-state index < -0.39 is 12.9 Å². The molecule has 0 atom stereocenters. The molecule has 0 aliphatic rings. The van der Waals surface area contributed by atoms with Crippen LogP contribution in [0.5, 0.6) is 11.5 Å². The number of fused-ring (bicyclic) bond motifs is 1. The van der Waals surface area contributed by atoms with Crippen LogP contribution >= 0.6 is 7.26 Å². The number of phenolic OH excluding ortho intramolecular Hbond substituents is 2. The molecule has 0 bridgehead atoms. The van der Waals surface area contributed by atoms with Crippen LogP contribution in [0.3, 0.4) is 0 Å². The topological polar surface area (TPSA) is 70.7 Å². The molecule has 1 heterocycles. The third kappa shape index (κ3) is 3.79. The minimum absolute atomic E-state index is 0.246. The quantitative estimate of drug-likeness (QED) is 0.234. The summed E-state index contributed by atoms with van der Waals surface area (Å²) in [6.45, 7) is 0. The Hall–Kier alpha value is -3.88. The van der Waals surface area contributed by atoms with E-state index in [1.165, 1.54) is 34.1 Å². The Kier molecular flexibility index (Phi) is 5.45. The second-order valence-electron chi connectivity index (χ2n) is 8.11. The zero-order valence-electron chi connectivity index (χ0n) is 17.8. The molecular formula is C28H23O4P. The summed E-state index contributed by atoms with van der Waals surface area (Å²) in [5.41, 5.74) is 0.546. The molecule has 0 saturated heterocycles. The molecule has 5 aromatic rings. The van der Waals surface area contributed by atoms with Crippen molar-refractivity contribution in [3.8, 4) is 11.5 Å². The Morgan fingerprint density at radius 3 is 1.58 bits per heavy atom. The summed E-state index contributed by atoms with van der Waals surface area (Å²) in [6, 6.07) is 35.5. The van der Waals surface area contributed by atoms with Crippen molar-refractivity contribution in [2.24, 2.45) is 0 Å². The van der Waals surface area contributed by atoms with E-state index in [1.54, 1.807) is 0 Å². The summed E-state index contributed by atoms with van der Waals surface area (Å²) in [7, 11) is -2.66. The molecular weight excluding hydrogens is 431 g/mol. The summed E-state index contributed by atoms with van der Waals surface area (Å²) >= 11 is 0. The van der Waals surface area contributed by atoms with E-state index >= 15 is 0 Å². The first-order chi connectivity index (χ1) is 16.1. The Morgan fingerprint density at radius 2 is 1.09 bits per heavy atom. The minimum atomic E-state index is -2.66. The van der Waals surface area contributed by atoms with Crippen LogP contribution in [0.15, 0.2) is 118 Å². The molecule has 0 fully saturated rings. The monoisotopic (exact) mass is 454 g/mol. The van der Waals surface area contributed by atoms with Crippen LogP contribution in [0.4, 0.5) is 0 Å². The third-order valence-corrected chi connectivity index (χ3v) is 11.0. The average Bonchev–Trinajstić information content (AvgIpc) is 2.85. The van der Waals surface area contributed by atoms with Crippen molar-refractivity contribution in [3.63, 3.8) is 0 Å². The van der Waals surface area contributed by atoms with Gasteiger partial charge in [-0.25, -0.2) is 0 Å². The number of aromatic hydroxyl groups is 2. The van der Waals surface area contributed by atoms with Crippen molar-refractivity contribution < 1.29 is 14.6 Å². The molecule has 0 spiro atoms. The fraction of sp³-hybridized carbons (Fsp3) is 0.0357.